The molecule has 1 fully saturated rings. The largest absolute Gasteiger partial charge is 0.494 e. The van der Waals surface area contributed by atoms with Crippen LogP contribution in [0, 0.1) is 5.82 Å². The van der Waals surface area contributed by atoms with Crippen molar-refractivity contribution < 1.29 is 9.13 Å². The Morgan fingerprint density at radius 2 is 2.17 bits per heavy atom. The molecule has 1 aliphatic heterocycles. The molecule has 1 unspecified atom stereocenters. The highest BCUT2D eigenvalue weighted by Crippen LogP contribution is 2.28. The van der Waals surface area contributed by atoms with Gasteiger partial charge in [-0.05, 0) is 32.9 Å². The summed E-state index contributed by atoms with van der Waals surface area (Å²) in [6, 6.07) is 5.44. The molecule has 100 valence electrons. The van der Waals surface area contributed by atoms with Gasteiger partial charge >= 0.3 is 0 Å². The smallest absolute Gasteiger partial charge is 0.165 e. The predicted molar refractivity (Wildman–Crippen MR) is 71.8 cm³/mol. The number of nitrogens with one attached hydrogen (secondary N) is 1. The van der Waals surface area contributed by atoms with Crippen LogP contribution in [0.3, 0.4) is 0 Å². The van der Waals surface area contributed by atoms with Crippen molar-refractivity contribution in [3.05, 3.63) is 24.0 Å². The molecule has 0 radical (unpaired) electrons. The lowest BCUT2D eigenvalue weighted by molar-refractivity contribution is 0.317. The first-order valence-electron chi connectivity index (χ1n) is 6.28. The molecule has 1 aliphatic rings. The Bertz CT molecular complexity index is 434. The summed E-state index contributed by atoms with van der Waals surface area (Å²) in [6.07, 6.45) is 0. The SMILES string of the molecule is COc1cc(N2CC(C)(C)NCC2C)ccc1F. The van der Waals surface area contributed by atoms with Crippen LogP contribution in [-0.2, 0) is 0 Å². The van der Waals surface area contributed by atoms with E-state index in [1.165, 1.54) is 13.2 Å². The summed E-state index contributed by atoms with van der Waals surface area (Å²) in [7, 11) is 1.49. The number of halogens is 1. The summed E-state index contributed by atoms with van der Waals surface area (Å²) in [5.74, 6) is -0.0145. The third-order valence-corrected chi connectivity index (χ3v) is 3.44. The van der Waals surface area contributed by atoms with Gasteiger partial charge in [-0.15, -0.1) is 0 Å². The topological polar surface area (TPSA) is 24.5 Å². The number of nitrogens with zero attached hydrogens (tertiary/aromatic N) is 1. The van der Waals surface area contributed by atoms with Gasteiger partial charge in [-0.3, -0.25) is 0 Å². The highest BCUT2D eigenvalue weighted by atomic mass is 19.1. The maximum Gasteiger partial charge on any atom is 0.165 e. The molecule has 3 nitrogen and oxygen atoms in total. The van der Waals surface area contributed by atoms with E-state index in [0.717, 1.165) is 18.8 Å². The van der Waals surface area contributed by atoms with E-state index in [1.54, 1.807) is 6.07 Å². The molecular weight excluding hydrogens is 231 g/mol. The van der Waals surface area contributed by atoms with E-state index in [1.807, 2.05) is 6.07 Å². The van der Waals surface area contributed by atoms with Crippen LogP contribution in [0.5, 0.6) is 5.75 Å². The second-order valence-corrected chi connectivity index (χ2v) is 5.56. The molecule has 1 saturated heterocycles. The monoisotopic (exact) mass is 252 g/mol. The van der Waals surface area contributed by atoms with Crippen molar-refractivity contribution >= 4 is 5.69 Å². The summed E-state index contributed by atoms with van der Waals surface area (Å²) in [5.41, 5.74) is 1.07. The normalized spacial score (nSPS) is 22.9. The fourth-order valence-corrected chi connectivity index (χ4v) is 2.34. The lowest BCUT2D eigenvalue weighted by atomic mass is 9.98. The summed E-state index contributed by atoms with van der Waals surface area (Å²) in [6.45, 7) is 8.33. The number of ether oxygens (including phenoxy) is 1. The van der Waals surface area contributed by atoms with Gasteiger partial charge in [0.15, 0.2) is 11.6 Å². The average Bonchev–Trinajstić information content (AvgIpc) is 2.33. The molecular formula is C14H21FN2O. The van der Waals surface area contributed by atoms with E-state index in [-0.39, 0.29) is 11.4 Å². The number of rotatable bonds is 2. The molecule has 1 heterocycles. The molecule has 4 heteroatoms. The number of hydrogen-bond donors (Lipinski definition) is 1. The van der Waals surface area contributed by atoms with Gasteiger partial charge in [0, 0.05) is 36.4 Å². The minimum Gasteiger partial charge on any atom is -0.494 e. The zero-order chi connectivity index (χ0) is 13.3. The van der Waals surface area contributed by atoms with Crippen LogP contribution in [0.25, 0.3) is 0 Å². The molecule has 0 amide bonds. The van der Waals surface area contributed by atoms with Crippen molar-refractivity contribution in [3.63, 3.8) is 0 Å². The number of anilines is 1. The van der Waals surface area contributed by atoms with Gasteiger partial charge in [-0.25, -0.2) is 4.39 Å². The van der Waals surface area contributed by atoms with Crippen molar-refractivity contribution in [2.45, 2.75) is 32.4 Å². The van der Waals surface area contributed by atoms with Crippen LogP contribution in [-0.4, -0.2) is 31.8 Å². The highest BCUT2D eigenvalue weighted by molar-refractivity contribution is 5.53. The van der Waals surface area contributed by atoms with Gasteiger partial charge in [-0.2, -0.15) is 0 Å². The van der Waals surface area contributed by atoms with Crippen molar-refractivity contribution in [1.29, 1.82) is 0 Å². The zero-order valence-electron chi connectivity index (χ0n) is 11.5. The summed E-state index contributed by atoms with van der Waals surface area (Å²) in [5, 5.41) is 3.50. The van der Waals surface area contributed by atoms with Crippen molar-refractivity contribution in [3.8, 4) is 5.75 Å². The molecule has 0 saturated carbocycles. The summed E-state index contributed by atoms with van der Waals surface area (Å²) in [4.78, 5) is 2.29. The molecule has 1 aromatic carbocycles. The van der Waals surface area contributed by atoms with Crippen LogP contribution in [0.2, 0.25) is 0 Å². The van der Waals surface area contributed by atoms with Gasteiger partial charge in [0.2, 0.25) is 0 Å². The third kappa shape index (κ3) is 2.58. The van der Waals surface area contributed by atoms with Crippen LogP contribution >= 0.6 is 0 Å². The fourth-order valence-electron chi connectivity index (χ4n) is 2.34. The lowest BCUT2D eigenvalue weighted by Crippen LogP contribution is -2.61. The van der Waals surface area contributed by atoms with E-state index in [2.05, 4.69) is 31.0 Å². The Morgan fingerprint density at radius 3 is 2.83 bits per heavy atom. The Labute approximate surface area is 108 Å². The van der Waals surface area contributed by atoms with Gasteiger partial charge in [-0.1, -0.05) is 0 Å². The zero-order valence-corrected chi connectivity index (χ0v) is 11.5. The molecule has 0 spiro atoms. The average molecular weight is 252 g/mol. The van der Waals surface area contributed by atoms with Gasteiger partial charge < -0.3 is 15.0 Å². The second kappa shape index (κ2) is 4.76. The van der Waals surface area contributed by atoms with Gasteiger partial charge in [0.25, 0.3) is 0 Å². The summed E-state index contributed by atoms with van der Waals surface area (Å²) >= 11 is 0. The molecule has 1 atom stereocenters. The maximum atomic E-state index is 13.4. The van der Waals surface area contributed by atoms with E-state index in [9.17, 15) is 4.39 Å². The van der Waals surface area contributed by atoms with Crippen molar-refractivity contribution in [2.24, 2.45) is 0 Å². The number of methoxy groups -OCH3 is 1. The van der Waals surface area contributed by atoms with Crippen LogP contribution in [0.4, 0.5) is 10.1 Å². The Hall–Kier alpha value is -1.29. The first-order chi connectivity index (χ1) is 8.43. The Balaban J connectivity index is 2.29. The molecule has 2 rings (SSSR count). The first-order valence-corrected chi connectivity index (χ1v) is 6.28. The van der Waals surface area contributed by atoms with Gasteiger partial charge in [0.05, 0.1) is 7.11 Å². The van der Waals surface area contributed by atoms with Gasteiger partial charge in [0.1, 0.15) is 0 Å². The fraction of sp³-hybridized carbons (Fsp3) is 0.571. The quantitative estimate of drug-likeness (QED) is 0.875. The van der Waals surface area contributed by atoms with Crippen LogP contribution in [0.1, 0.15) is 20.8 Å². The highest BCUT2D eigenvalue weighted by Gasteiger charge is 2.30. The predicted octanol–water partition coefficient (Wildman–Crippen LogP) is 2.41. The molecule has 0 bridgehead atoms. The van der Waals surface area contributed by atoms with Crippen molar-refractivity contribution in [2.75, 3.05) is 25.1 Å². The Kier molecular flexibility index (Phi) is 3.48. The molecule has 0 aromatic heterocycles. The maximum absolute atomic E-state index is 13.4. The minimum atomic E-state index is -0.316. The molecule has 1 aromatic rings. The summed E-state index contributed by atoms with van der Waals surface area (Å²) < 4.78 is 18.5. The minimum absolute atomic E-state index is 0.0636. The second-order valence-electron chi connectivity index (χ2n) is 5.56. The molecule has 18 heavy (non-hydrogen) atoms. The van der Waals surface area contributed by atoms with E-state index < -0.39 is 0 Å². The molecule has 0 aliphatic carbocycles. The van der Waals surface area contributed by atoms with Crippen LogP contribution in [0.15, 0.2) is 18.2 Å². The number of benzene rings is 1. The van der Waals surface area contributed by atoms with E-state index in [4.69, 9.17) is 4.74 Å². The number of hydrogen-bond acceptors (Lipinski definition) is 3. The standard InChI is InChI=1S/C14H21FN2O/c1-10-8-16-14(2,3)9-17(10)11-5-6-12(15)13(7-11)18-4/h5-7,10,16H,8-9H2,1-4H3. The third-order valence-electron chi connectivity index (χ3n) is 3.44. The molecule has 1 N–H and O–H groups in total. The van der Waals surface area contributed by atoms with E-state index >= 15 is 0 Å². The van der Waals surface area contributed by atoms with Crippen molar-refractivity contribution in [1.82, 2.24) is 5.32 Å². The lowest BCUT2D eigenvalue weighted by Gasteiger charge is -2.44. The first kappa shape index (κ1) is 13.1. The van der Waals surface area contributed by atoms with E-state index in [0.29, 0.717) is 11.8 Å². The van der Waals surface area contributed by atoms with Crippen LogP contribution < -0.4 is 15.0 Å². The Morgan fingerprint density at radius 1 is 1.44 bits per heavy atom. The number of piperazine rings is 1.